The van der Waals surface area contributed by atoms with Gasteiger partial charge in [-0.15, -0.1) is 0 Å². The van der Waals surface area contributed by atoms with E-state index in [1.807, 2.05) is 13.3 Å². The molecule has 1 atom stereocenters. The molecule has 0 fully saturated rings. The summed E-state index contributed by atoms with van der Waals surface area (Å²) < 4.78 is 12.8. The lowest BCUT2D eigenvalue weighted by Gasteiger charge is -2.04. The van der Waals surface area contributed by atoms with Crippen LogP contribution in [0.5, 0.6) is 0 Å². The first-order valence-electron chi connectivity index (χ1n) is 4.73. The first kappa shape index (κ1) is 10.9. The first-order valence-corrected chi connectivity index (χ1v) is 4.73. The van der Waals surface area contributed by atoms with Gasteiger partial charge in [0.05, 0.1) is 0 Å². The van der Waals surface area contributed by atoms with E-state index in [4.69, 9.17) is 0 Å². The fourth-order valence-corrected chi connectivity index (χ4v) is 1.17. The molecule has 0 heterocycles. The molecule has 1 unspecified atom stereocenters. The molecule has 0 spiro atoms. The topological polar surface area (TPSA) is 0 Å². The van der Waals surface area contributed by atoms with Gasteiger partial charge in [0.2, 0.25) is 0 Å². The number of halogens is 1. The van der Waals surface area contributed by atoms with E-state index in [1.165, 1.54) is 19.3 Å². The van der Waals surface area contributed by atoms with E-state index in [0.717, 1.165) is 12.8 Å². The van der Waals surface area contributed by atoms with Crippen LogP contribution in [0.3, 0.4) is 0 Å². The molecule has 0 aromatic carbocycles. The Hall–Kier alpha value is -0.0700. The molecule has 1 radical (unpaired) electrons. The predicted molar refractivity (Wildman–Crippen MR) is 48.2 cm³/mol. The Balaban J connectivity index is 2.97. The molecule has 0 aliphatic rings. The SMILES string of the molecule is C[CH]CC(F)CCCCCC. The third-order valence-electron chi connectivity index (χ3n) is 1.86. The number of hydrogen-bond donors (Lipinski definition) is 0. The molecule has 0 rings (SSSR count). The number of unbranched alkanes of at least 4 members (excludes halogenated alkanes) is 3. The molecule has 0 aromatic rings. The van der Waals surface area contributed by atoms with E-state index in [0.29, 0.717) is 6.42 Å². The maximum absolute atomic E-state index is 12.8. The van der Waals surface area contributed by atoms with E-state index in [-0.39, 0.29) is 0 Å². The molecule has 0 aliphatic heterocycles. The van der Waals surface area contributed by atoms with Gasteiger partial charge in [0, 0.05) is 0 Å². The number of rotatable bonds is 7. The monoisotopic (exact) mass is 159 g/mol. The van der Waals surface area contributed by atoms with Gasteiger partial charge in [-0.3, -0.25) is 0 Å². The maximum atomic E-state index is 12.8. The Bertz CT molecular complexity index is 71.3. The molecule has 0 aliphatic carbocycles. The van der Waals surface area contributed by atoms with Gasteiger partial charge in [-0.1, -0.05) is 39.5 Å². The summed E-state index contributed by atoms with van der Waals surface area (Å²) >= 11 is 0. The second kappa shape index (κ2) is 8.03. The zero-order valence-electron chi connectivity index (χ0n) is 7.78. The van der Waals surface area contributed by atoms with Gasteiger partial charge in [-0.05, 0) is 19.3 Å². The van der Waals surface area contributed by atoms with Crippen molar-refractivity contribution in [2.24, 2.45) is 0 Å². The molecule has 0 bridgehead atoms. The summed E-state index contributed by atoms with van der Waals surface area (Å²) in [5.74, 6) is 0. The summed E-state index contributed by atoms with van der Waals surface area (Å²) in [4.78, 5) is 0. The van der Waals surface area contributed by atoms with Crippen molar-refractivity contribution in [2.45, 2.75) is 58.5 Å². The van der Waals surface area contributed by atoms with Crippen LogP contribution in [0.4, 0.5) is 4.39 Å². The average Bonchev–Trinajstić information content (AvgIpc) is 1.99. The molecular formula is C10H20F. The lowest BCUT2D eigenvalue weighted by molar-refractivity contribution is 0.301. The van der Waals surface area contributed by atoms with E-state index >= 15 is 0 Å². The van der Waals surface area contributed by atoms with Gasteiger partial charge in [0.1, 0.15) is 6.17 Å². The van der Waals surface area contributed by atoms with Crippen molar-refractivity contribution in [1.82, 2.24) is 0 Å². The quantitative estimate of drug-likeness (QED) is 0.494. The lowest BCUT2D eigenvalue weighted by atomic mass is 10.1. The van der Waals surface area contributed by atoms with Crippen LogP contribution in [-0.2, 0) is 0 Å². The van der Waals surface area contributed by atoms with Crippen LogP contribution in [0.2, 0.25) is 0 Å². The Morgan fingerprint density at radius 2 is 2.00 bits per heavy atom. The van der Waals surface area contributed by atoms with Crippen LogP contribution in [-0.4, -0.2) is 6.17 Å². The number of hydrogen-bond acceptors (Lipinski definition) is 0. The number of alkyl halides is 1. The smallest absolute Gasteiger partial charge is 0.100 e. The van der Waals surface area contributed by atoms with Gasteiger partial charge in [0.25, 0.3) is 0 Å². The van der Waals surface area contributed by atoms with Gasteiger partial charge in [-0.2, -0.15) is 0 Å². The molecule has 67 valence electrons. The van der Waals surface area contributed by atoms with E-state index in [1.54, 1.807) is 0 Å². The highest BCUT2D eigenvalue weighted by molar-refractivity contribution is 4.65. The van der Waals surface area contributed by atoms with Crippen LogP contribution >= 0.6 is 0 Å². The molecule has 11 heavy (non-hydrogen) atoms. The molecule has 0 amide bonds. The first-order chi connectivity index (χ1) is 5.31. The van der Waals surface area contributed by atoms with Crippen molar-refractivity contribution < 1.29 is 4.39 Å². The highest BCUT2D eigenvalue weighted by Crippen LogP contribution is 2.11. The van der Waals surface area contributed by atoms with Crippen LogP contribution in [0, 0.1) is 6.42 Å². The van der Waals surface area contributed by atoms with Crippen molar-refractivity contribution in [3.63, 3.8) is 0 Å². The van der Waals surface area contributed by atoms with Crippen LogP contribution in [0.15, 0.2) is 0 Å². The third kappa shape index (κ3) is 7.83. The second-order valence-corrected chi connectivity index (χ2v) is 3.09. The van der Waals surface area contributed by atoms with Crippen molar-refractivity contribution in [3.8, 4) is 0 Å². The van der Waals surface area contributed by atoms with Crippen molar-refractivity contribution in [3.05, 3.63) is 6.42 Å². The summed E-state index contributed by atoms with van der Waals surface area (Å²) in [5, 5.41) is 0. The fourth-order valence-electron chi connectivity index (χ4n) is 1.17. The minimum absolute atomic E-state index is 0.586. The van der Waals surface area contributed by atoms with Gasteiger partial charge >= 0.3 is 0 Å². The van der Waals surface area contributed by atoms with Gasteiger partial charge < -0.3 is 0 Å². The zero-order chi connectivity index (χ0) is 8.53. The van der Waals surface area contributed by atoms with E-state index in [9.17, 15) is 4.39 Å². The normalized spacial score (nSPS) is 13.4. The lowest BCUT2D eigenvalue weighted by Crippen LogP contribution is -1.98. The summed E-state index contributed by atoms with van der Waals surface area (Å²) in [6, 6.07) is 0. The molecule has 0 N–H and O–H groups in total. The highest BCUT2D eigenvalue weighted by atomic mass is 19.1. The summed E-state index contributed by atoms with van der Waals surface area (Å²) in [6.07, 6.45) is 7.45. The minimum atomic E-state index is -0.586. The van der Waals surface area contributed by atoms with Crippen LogP contribution < -0.4 is 0 Å². The molecule has 0 nitrogen and oxygen atoms in total. The van der Waals surface area contributed by atoms with Crippen molar-refractivity contribution >= 4 is 0 Å². The molecular weight excluding hydrogens is 139 g/mol. The molecule has 0 saturated heterocycles. The minimum Gasteiger partial charge on any atom is -0.247 e. The standard InChI is InChI=1S/C10H20F/c1-3-5-6-7-9-10(11)8-4-2/h4,10H,3,5-9H2,1-2H3. The van der Waals surface area contributed by atoms with Gasteiger partial charge in [0.15, 0.2) is 0 Å². The summed E-state index contributed by atoms with van der Waals surface area (Å²) in [6.45, 7) is 4.09. The van der Waals surface area contributed by atoms with Gasteiger partial charge in [-0.25, -0.2) is 4.39 Å². The van der Waals surface area contributed by atoms with Crippen LogP contribution in [0.1, 0.15) is 52.4 Å². The van der Waals surface area contributed by atoms with E-state index in [2.05, 4.69) is 6.92 Å². The summed E-state index contributed by atoms with van der Waals surface area (Å²) in [5.41, 5.74) is 0. The second-order valence-electron chi connectivity index (χ2n) is 3.09. The summed E-state index contributed by atoms with van der Waals surface area (Å²) in [7, 11) is 0. The van der Waals surface area contributed by atoms with Crippen molar-refractivity contribution in [1.29, 1.82) is 0 Å². The fraction of sp³-hybridized carbons (Fsp3) is 0.900. The Labute approximate surface area is 70.2 Å². The molecule has 0 aromatic heterocycles. The Morgan fingerprint density at radius 3 is 2.55 bits per heavy atom. The highest BCUT2D eigenvalue weighted by Gasteiger charge is 2.03. The molecule has 0 saturated carbocycles. The third-order valence-corrected chi connectivity index (χ3v) is 1.86. The van der Waals surface area contributed by atoms with Crippen LogP contribution in [0.25, 0.3) is 0 Å². The molecule has 1 heteroatoms. The predicted octanol–water partition coefficient (Wildman–Crippen LogP) is 3.91. The Kier molecular flexibility index (Phi) is 7.98. The zero-order valence-corrected chi connectivity index (χ0v) is 7.78. The van der Waals surface area contributed by atoms with Crippen molar-refractivity contribution in [2.75, 3.05) is 0 Å². The largest absolute Gasteiger partial charge is 0.247 e. The average molecular weight is 159 g/mol. The Morgan fingerprint density at radius 1 is 1.27 bits per heavy atom. The van der Waals surface area contributed by atoms with E-state index < -0.39 is 6.17 Å². The maximum Gasteiger partial charge on any atom is 0.100 e.